The van der Waals surface area contributed by atoms with Gasteiger partial charge in [0.25, 0.3) is 0 Å². The number of piperidine rings is 1. The summed E-state index contributed by atoms with van der Waals surface area (Å²) in [5, 5.41) is 2.98. The minimum atomic E-state index is -0.272. The highest BCUT2D eigenvalue weighted by atomic mass is 16.2. The van der Waals surface area contributed by atoms with E-state index in [-0.39, 0.29) is 23.7 Å². The van der Waals surface area contributed by atoms with E-state index in [0.717, 1.165) is 37.2 Å². The third-order valence-corrected chi connectivity index (χ3v) is 5.07. The first-order chi connectivity index (χ1) is 11.6. The summed E-state index contributed by atoms with van der Waals surface area (Å²) in [7, 11) is 0. The van der Waals surface area contributed by atoms with E-state index in [1.807, 2.05) is 48.2 Å². The lowest BCUT2D eigenvalue weighted by Gasteiger charge is -2.34. The highest BCUT2D eigenvalue weighted by Crippen LogP contribution is 2.29. The molecule has 1 saturated heterocycles. The third kappa shape index (κ3) is 3.86. The van der Waals surface area contributed by atoms with Gasteiger partial charge in [0, 0.05) is 18.8 Å². The van der Waals surface area contributed by atoms with E-state index < -0.39 is 0 Å². The number of rotatable bonds is 3. The summed E-state index contributed by atoms with van der Waals surface area (Å²) < 4.78 is 0. The van der Waals surface area contributed by atoms with E-state index >= 15 is 0 Å². The number of amides is 2. The van der Waals surface area contributed by atoms with Gasteiger partial charge in [-0.1, -0.05) is 29.8 Å². The molecule has 4 heteroatoms. The number of benzene rings is 1. The maximum atomic E-state index is 12.9. The van der Waals surface area contributed by atoms with Crippen LogP contribution in [0.4, 0.5) is 5.69 Å². The molecule has 1 aromatic carbocycles. The second-order valence-electron chi connectivity index (χ2n) is 6.90. The lowest BCUT2D eigenvalue weighted by Crippen LogP contribution is -2.45. The predicted molar refractivity (Wildman–Crippen MR) is 95.6 cm³/mol. The van der Waals surface area contributed by atoms with E-state index in [9.17, 15) is 9.59 Å². The van der Waals surface area contributed by atoms with Crippen molar-refractivity contribution in [1.29, 1.82) is 0 Å². The number of carbonyl (C=O) groups excluding carboxylic acids is 2. The van der Waals surface area contributed by atoms with E-state index in [2.05, 4.69) is 5.32 Å². The summed E-state index contributed by atoms with van der Waals surface area (Å²) in [6.07, 6.45) is 8.74. The molecule has 0 aromatic heterocycles. The van der Waals surface area contributed by atoms with E-state index in [1.165, 1.54) is 6.42 Å². The summed E-state index contributed by atoms with van der Waals surface area (Å²) in [4.78, 5) is 27.6. The van der Waals surface area contributed by atoms with E-state index in [0.29, 0.717) is 12.8 Å². The van der Waals surface area contributed by atoms with Crippen molar-refractivity contribution in [3.63, 3.8) is 0 Å². The monoisotopic (exact) mass is 326 g/mol. The molecule has 3 rings (SSSR count). The van der Waals surface area contributed by atoms with Crippen molar-refractivity contribution in [2.24, 2.45) is 11.8 Å². The average Bonchev–Trinajstić information content (AvgIpc) is 2.63. The Morgan fingerprint density at radius 2 is 1.58 bits per heavy atom. The lowest BCUT2D eigenvalue weighted by molar-refractivity contribution is -0.141. The van der Waals surface area contributed by atoms with Gasteiger partial charge in [-0.05, 0) is 51.2 Å². The highest BCUT2D eigenvalue weighted by molar-refractivity contribution is 5.96. The van der Waals surface area contributed by atoms with Gasteiger partial charge in [0.05, 0.1) is 11.8 Å². The Morgan fingerprint density at radius 3 is 2.25 bits per heavy atom. The van der Waals surface area contributed by atoms with Crippen LogP contribution in [-0.2, 0) is 9.59 Å². The first-order valence-electron chi connectivity index (χ1n) is 8.96. The zero-order valence-corrected chi connectivity index (χ0v) is 14.3. The van der Waals surface area contributed by atoms with Gasteiger partial charge in [0.1, 0.15) is 0 Å². The first-order valence-corrected chi connectivity index (χ1v) is 8.96. The van der Waals surface area contributed by atoms with Crippen molar-refractivity contribution >= 4 is 17.5 Å². The Balaban J connectivity index is 1.69. The number of likely N-dealkylation sites (tertiary alicyclic amines) is 1. The van der Waals surface area contributed by atoms with Gasteiger partial charge < -0.3 is 10.2 Å². The van der Waals surface area contributed by atoms with E-state index in [4.69, 9.17) is 0 Å². The second-order valence-corrected chi connectivity index (χ2v) is 6.90. The van der Waals surface area contributed by atoms with Gasteiger partial charge >= 0.3 is 0 Å². The first kappa shape index (κ1) is 16.7. The van der Waals surface area contributed by atoms with Gasteiger partial charge in [-0.2, -0.15) is 0 Å². The molecule has 1 aliphatic carbocycles. The fourth-order valence-electron chi connectivity index (χ4n) is 3.60. The van der Waals surface area contributed by atoms with Crippen LogP contribution >= 0.6 is 0 Å². The minimum Gasteiger partial charge on any atom is -0.342 e. The number of allylic oxidation sites excluding steroid dienone is 2. The number of hydrogen-bond donors (Lipinski definition) is 1. The molecule has 128 valence electrons. The van der Waals surface area contributed by atoms with Crippen LogP contribution in [0.1, 0.15) is 37.7 Å². The number of aryl methyl sites for hydroxylation is 1. The van der Waals surface area contributed by atoms with Gasteiger partial charge in [-0.3, -0.25) is 9.59 Å². The number of nitrogens with zero attached hydrogens (tertiary/aromatic N) is 1. The molecular formula is C20H26N2O2. The van der Waals surface area contributed by atoms with Crippen LogP contribution in [0.15, 0.2) is 36.4 Å². The maximum absolute atomic E-state index is 12.9. The van der Waals surface area contributed by atoms with Crippen molar-refractivity contribution in [2.75, 3.05) is 18.4 Å². The topological polar surface area (TPSA) is 49.4 Å². The Labute approximate surface area is 143 Å². The molecule has 0 spiro atoms. The average molecular weight is 326 g/mol. The second kappa shape index (κ2) is 7.65. The van der Waals surface area contributed by atoms with Crippen molar-refractivity contribution < 1.29 is 9.59 Å². The van der Waals surface area contributed by atoms with Crippen LogP contribution in [0.5, 0.6) is 0 Å². The molecular weight excluding hydrogens is 300 g/mol. The fourth-order valence-corrected chi connectivity index (χ4v) is 3.60. The van der Waals surface area contributed by atoms with Gasteiger partial charge in [-0.25, -0.2) is 0 Å². The molecule has 1 N–H and O–H groups in total. The molecule has 2 aliphatic rings. The van der Waals surface area contributed by atoms with Crippen molar-refractivity contribution in [1.82, 2.24) is 4.90 Å². The molecule has 0 unspecified atom stereocenters. The van der Waals surface area contributed by atoms with Crippen LogP contribution in [0.3, 0.4) is 0 Å². The maximum Gasteiger partial charge on any atom is 0.228 e. The molecule has 24 heavy (non-hydrogen) atoms. The van der Waals surface area contributed by atoms with Crippen LogP contribution in [0.2, 0.25) is 0 Å². The van der Waals surface area contributed by atoms with Crippen LogP contribution in [-0.4, -0.2) is 29.8 Å². The molecule has 0 bridgehead atoms. The van der Waals surface area contributed by atoms with Crippen molar-refractivity contribution in [2.45, 2.75) is 39.0 Å². The molecule has 0 radical (unpaired) electrons. The Bertz CT molecular complexity index is 615. The van der Waals surface area contributed by atoms with Crippen LogP contribution < -0.4 is 5.32 Å². The molecule has 1 aliphatic heterocycles. The highest BCUT2D eigenvalue weighted by Gasteiger charge is 2.36. The number of nitrogens with one attached hydrogen (secondary N) is 1. The van der Waals surface area contributed by atoms with Crippen molar-refractivity contribution in [3.8, 4) is 0 Å². The summed E-state index contributed by atoms with van der Waals surface area (Å²) in [6.45, 7) is 3.70. The number of anilines is 1. The number of hydrogen-bond acceptors (Lipinski definition) is 2. The normalized spacial score (nSPS) is 23.8. The molecule has 4 nitrogen and oxygen atoms in total. The lowest BCUT2D eigenvalue weighted by atomic mass is 9.81. The third-order valence-electron chi connectivity index (χ3n) is 5.07. The van der Waals surface area contributed by atoms with Gasteiger partial charge in [0.15, 0.2) is 0 Å². The predicted octanol–water partition coefficient (Wildman–Crippen LogP) is 3.53. The van der Waals surface area contributed by atoms with Gasteiger partial charge in [0.2, 0.25) is 11.8 Å². The SMILES string of the molecule is Cc1ccc(NC(=O)[C@@H]2CC=CC[C@H]2C(=O)N2CCCCC2)cc1. The molecule has 0 saturated carbocycles. The van der Waals surface area contributed by atoms with Gasteiger partial charge in [-0.15, -0.1) is 0 Å². The smallest absolute Gasteiger partial charge is 0.228 e. The molecule has 2 atom stereocenters. The summed E-state index contributed by atoms with van der Waals surface area (Å²) in [5.41, 5.74) is 1.95. The largest absolute Gasteiger partial charge is 0.342 e. The fraction of sp³-hybridized carbons (Fsp3) is 0.500. The standard InChI is InChI=1S/C20H26N2O2/c1-15-9-11-16(12-10-15)21-19(23)17-7-3-4-8-18(17)20(24)22-13-5-2-6-14-22/h3-4,9-12,17-18H,2,5-8,13-14H2,1H3,(H,21,23)/t17-,18-/m1/s1. The summed E-state index contributed by atoms with van der Waals surface area (Å²) in [6, 6.07) is 7.78. The number of carbonyl (C=O) groups is 2. The Morgan fingerprint density at radius 1 is 0.958 bits per heavy atom. The zero-order chi connectivity index (χ0) is 16.9. The molecule has 2 amide bonds. The zero-order valence-electron chi connectivity index (χ0n) is 14.3. The Kier molecular flexibility index (Phi) is 5.34. The molecule has 1 heterocycles. The van der Waals surface area contributed by atoms with Crippen molar-refractivity contribution in [3.05, 3.63) is 42.0 Å². The quantitative estimate of drug-likeness (QED) is 0.864. The minimum absolute atomic E-state index is 0.0430. The van der Waals surface area contributed by atoms with Crippen LogP contribution in [0.25, 0.3) is 0 Å². The van der Waals surface area contributed by atoms with Crippen LogP contribution in [0, 0.1) is 18.8 Å². The summed E-state index contributed by atoms with van der Waals surface area (Å²) >= 11 is 0. The summed E-state index contributed by atoms with van der Waals surface area (Å²) in [5.74, 6) is -0.383. The molecule has 1 fully saturated rings. The Hall–Kier alpha value is -2.10. The van der Waals surface area contributed by atoms with E-state index in [1.54, 1.807) is 0 Å². The molecule has 1 aromatic rings.